The number of benzene rings is 1. The number of carbonyl (C=O) groups excluding carboxylic acids is 1. The Balaban J connectivity index is 2.22. The van der Waals surface area contributed by atoms with Crippen molar-refractivity contribution in [3.8, 4) is 0 Å². The molecule has 0 aromatic heterocycles. The lowest BCUT2D eigenvalue weighted by atomic mass is 10.00. The van der Waals surface area contributed by atoms with E-state index in [1.807, 2.05) is 12.1 Å². The predicted molar refractivity (Wildman–Crippen MR) is 76.1 cm³/mol. The molecular weight excluding hydrogens is 278 g/mol. The van der Waals surface area contributed by atoms with E-state index in [4.69, 9.17) is 0 Å². The van der Waals surface area contributed by atoms with E-state index in [-0.39, 0.29) is 6.09 Å². The molecule has 0 radical (unpaired) electrons. The van der Waals surface area contributed by atoms with E-state index < -0.39 is 9.84 Å². The van der Waals surface area contributed by atoms with Gasteiger partial charge in [-0.3, -0.25) is 0 Å². The van der Waals surface area contributed by atoms with Crippen molar-refractivity contribution in [2.75, 3.05) is 26.5 Å². The van der Waals surface area contributed by atoms with Gasteiger partial charge < -0.3 is 9.64 Å². The van der Waals surface area contributed by atoms with E-state index in [0.717, 1.165) is 11.1 Å². The molecule has 1 aliphatic heterocycles. The SMILES string of the molecule is COC(=O)N1CC=C(c2cccc(S(C)(=O)=O)c2)CC1. The van der Waals surface area contributed by atoms with Crippen LogP contribution in [0.15, 0.2) is 35.2 Å². The average molecular weight is 295 g/mol. The monoisotopic (exact) mass is 295 g/mol. The first-order valence-electron chi connectivity index (χ1n) is 6.24. The quantitative estimate of drug-likeness (QED) is 0.836. The van der Waals surface area contributed by atoms with E-state index in [1.165, 1.54) is 13.4 Å². The number of sulfone groups is 1. The second kappa shape index (κ2) is 5.66. The van der Waals surface area contributed by atoms with Crippen molar-refractivity contribution in [2.24, 2.45) is 0 Å². The number of hydrogen-bond donors (Lipinski definition) is 0. The van der Waals surface area contributed by atoms with E-state index in [1.54, 1.807) is 23.1 Å². The number of methoxy groups -OCH3 is 1. The molecule has 0 bridgehead atoms. The van der Waals surface area contributed by atoms with Crippen LogP contribution in [0.25, 0.3) is 5.57 Å². The Kier molecular flexibility index (Phi) is 4.13. The minimum Gasteiger partial charge on any atom is -0.453 e. The summed E-state index contributed by atoms with van der Waals surface area (Å²) in [5.74, 6) is 0. The van der Waals surface area contributed by atoms with E-state index in [0.29, 0.717) is 24.4 Å². The van der Waals surface area contributed by atoms with E-state index in [2.05, 4.69) is 4.74 Å². The van der Waals surface area contributed by atoms with Gasteiger partial charge in [-0.05, 0) is 29.7 Å². The number of rotatable bonds is 2. The summed E-state index contributed by atoms with van der Waals surface area (Å²) in [4.78, 5) is 13.3. The summed E-state index contributed by atoms with van der Waals surface area (Å²) in [6.45, 7) is 1.05. The molecule has 6 heteroatoms. The van der Waals surface area contributed by atoms with Crippen LogP contribution in [0.2, 0.25) is 0 Å². The smallest absolute Gasteiger partial charge is 0.409 e. The average Bonchev–Trinajstić information content (AvgIpc) is 2.46. The zero-order valence-corrected chi connectivity index (χ0v) is 12.3. The van der Waals surface area contributed by atoms with Gasteiger partial charge in [0.25, 0.3) is 0 Å². The summed E-state index contributed by atoms with van der Waals surface area (Å²) in [5.41, 5.74) is 1.94. The van der Waals surface area contributed by atoms with Crippen LogP contribution in [0.5, 0.6) is 0 Å². The van der Waals surface area contributed by atoms with Crippen LogP contribution in [0.3, 0.4) is 0 Å². The highest BCUT2D eigenvalue weighted by atomic mass is 32.2. The highest BCUT2D eigenvalue weighted by Gasteiger charge is 2.18. The number of hydrogen-bond acceptors (Lipinski definition) is 4. The molecule has 1 aromatic carbocycles. The van der Waals surface area contributed by atoms with Gasteiger partial charge in [0.05, 0.1) is 12.0 Å². The Hall–Kier alpha value is -1.82. The van der Waals surface area contributed by atoms with Crippen LogP contribution >= 0.6 is 0 Å². The van der Waals surface area contributed by atoms with Crippen molar-refractivity contribution in [2.45, 2.75) is 11.3 Å². The van der Waals surface area contributed by atoms with Gasteiger partial charge in [0, 0.05) is 19.3 Å². The maximum atomic E-state index is 11.6. The number of carbonyl (C=O) groups is 1. The predicted octanol–water partition coefficient (Wildman–Crippen LogP) is 1.95. The third kappa shape index (κ3) is 3.19. The molecule has 1 amide bonds. The van der Waals surface area contributed by atoms with Gasteiger partial charge in [-0.25, -0.2) is 13.2 Å². The molecule has 20 heavy (non-hydrogen) atoms. The molecule has 0 fully saturated rings. The van der Waals surface area contributed by atoms with Crippen LogP contribution in [0.4, 0.5) is 4.79 Å². The zero-order chi connectivity index (χ0) is 14.8. The molecule has 0 spiro atoms. The normalized spacial score (nSPS) is 15.7. The summed E-state index contributed by atoms with van der Waals surface area (Å²) in [6.07, 6.45) is 3.47. The van der Waals surface area contributed by atoms with Gasteiger partial charge in [0.15, 0.2) is 9.84 Å². The van der Waals surface area contributed by atoms with Gasteiger partial charge in [-0.1, -0.05) is 18.2 Å². The first kappa shape index (κ1) is 14.6. The molecule has 108 valence electrons. The van der Waals surface area contributed by atoms with Gasteiger partial charge in [-0.2, -0.15) is 0 Å². The van der Waals surface area contributed by atoms with Crippen molar-refractivity contribution in [1.82, 2.24) is 4.90 Å². The van der Waals surface area contributed by atoms with Crippen molar-refractivity contribution in [3.05, 3.63) is 35.9 Å². The van der Waals surface area contributed by atoms with E-state index in [9.17, 15) is 13.2 Å². The lowest BCUT2D eigenvalue weighted by Gasteiger charge is -2.25. The molecule has 0 atom stereocenters. The second-order valence-electron chi connectivity index (χ2n) is 4.70. The highest BCUT2D eigenvalue weighted by molar-refractivity contribution is 7.90. The molecule has 0 N–H and O–H groups in total. The maximum absolute atomic E-state index is 11.6. The fourth-order valence-electron chi connectivity index (χ4n) is 2.15. The number of ether oxygens (including phenoxy) is 1. The van der Waals surface area contributed by atoms with E-state index >= 15 is 0 Å². The molecule has 1 heterocycles. The number of amides is 1. The molecule has 5 nitrogen and oxygen atoms in total. The third-order valence-electron chi connectivity index (χ3n) is 3.27. The summed E-state index contributed by atoms with van der Waals surface area (Å²) in [7, 11) is -1.85. The molecular formula is C14H17NO4S. The van der Waals surface area contributed by atoms with Crippen molar-refractivity contribution >= 4 is 21.5 Å². The lowest BCUT2D eigenvalue weighted by Crippen LogP contribution is -2.34. The Bertz CT molecular complexity index is 649. The molecule has 0 saturated carbocycles. The molecule has 0 unspecified atom stereocenters. The van der Waals surface area contributed by atoms with Crippen LogP contribution in [-0.2, 0) is 14.6 Å². The zero-order valence-electron chi connectivity index (χ0n) is 11.5. The first-order valence-corrected chi connectivity index (χ1v) is 8.13. The van der Waals surface area contributed by atoms with Crippen LogP contribution < -0.4 is 0 Å². The molecule has 1 aromatic rings. The standard InChI is InChI=1S/C14H17NO4S/c1-19-14(16)15-8-6-11(7-9-15)12-4-3-5-13(10-12)20(2,17)18/h3-6,10H,7-9H2,1-2H3. The van der Waals surface area contributed by atoms with Gasteiger partial charge >= 0.3 is 6.09 Å². The van der Waals surface area contributed by atoms with Gasteiger partial charge in [-0.15, -0.1) is 0 Å². The summed E-state index contributed by atoms with van der Waals surface area (Å²) >= 11 is 0. The van der Waals surface area contributed by atoms with Gasteiger partial charge in [0.1, 0.15) is 0 Å². The minimum atomic E-state index is -3.20. The first-order chi connectivity index (χ1) is 9.41. The Morgan fingerprint density at radius 1 is 1.35 bits per heavy atom. The van der Waals surface area contributed by atoms with Crippen molar-refractivity contribution in [1.29, 1.82) is 0 Å². The Morgan fingerprint density at radius 3 is 2.65 bits per heavy atom. The van der Waals surface area contributed by atoms with Crippen molar-refractivity contribution in [3.63, 3.8) is 0 Å². The lowest BCUT2D eigenvalue weighted by molar-refractivity contribution is 0.128. The van der Waals surface area contributed by atoms with Gasteiger partial charge in [0.2, 0.25) is 0 Å². The molecule has 0 saturated heterocycles. The fourth-order valence-corrected chi connectivity index (χ4v) is 2.82. The van der Waals surface area contributed by atoms with Crippen LogP contribution in [0.1, 0.15) is 12.0 Å². The number of nitrogens with zero attached hydrogens (tertiary/aromatic N) is 1. The largest absolute Gasteiger partial charge is 0.453 e. The summed E-state index contributed by atoms with van der Waals surface area (Å²) in [6, 6.07) is 6.88. The second-order valence-corrected chi connectivity index (χ2v) is 6.71. The maximum Gasteiger partial charge on any atom is 0.409 e. The Morgan fingerprint density at radius 2 is 2.10 bits per heavy atom. The fraction of sp³-hybridized carbons (Fsp3) is 0.357. The van der Waals surface area contributed by atoms with Crippen molar-refractivity contribution < 1.29 is 17.9 Å². The topological polar surface area (TPSA) is 63.7 Å². The minimum absolute atomic E-state index is 0.311. The Labute approximate surface area is 118 Å². The summed E-state index contributed by atoms with van der Waals surface area (Å²) < 4.78 is 27.8. The molecule has 2 rings (SSSR count). The molecule has 1 aliphatic rings. The molecule has 0 aliphatic carbocycles. The van der Waals surface area contributed by atoms with Crippen LogP contribution in [-0.4, -0.2) is 45.9 Å². The van der Waals surface area contributed by atoms with Crippen LogP contribution in [0, 0.1) is 0 Å². The third-order valence-corrected chi connectivity index (χ3v) is 4.39. The summed E-state index contributed by atoms with van der Waals surface area (Å²) in [5, 5.41) is 0. The highest BCUT2D eigenvalue weighted by Crippen LogP contribution is 2.24.